The molecule has 0 spiro atoms. The van der Waals surface area contributed by atoms with Gasteiger partial charge in [0.15, 0.2) is 0 Å². The molecule has 0 amide bonds. The van der Waals surface area contributed by atoms with E-state index in [1.807, 2.05) is 0 Å². The monoisotopic (exact) mass is 284 g/mol. The Bertz CT molecular complexity index is 546. The highest BCUT2D eigenvalue weighted by Crippen LogP contribution is 2.49. The zero-order valence-electron chi connectivity index (χ0n) is 9.08. The van der Waals surface area contributed by atoms with Crippen molar-refractivity contribution >= 4 is 10.0 Å². The Morgan fingerprint density at radius 3 is 2.44 bits per heavy atom. The van der Waals surface area contributed by atoms with Gasteiger partial charge in [-0.3, -0.25) is 0 Å². The zero-order chi connectivity index (χ0) is 13.6. The molecule has 1 saturated carbocycles. The summed E-state index contributed by atoms with van der Waals surface area (Å²) in [5.41, 5.74) is -2.12. The number of halogens is 3. The predicted molar refractivity (Wildman–Crippen MR) is 55.1 cm³/mol. The fourth-order valence-electron chi connectivity index (χ4n) is 1.55. The van der Waals surface area contributed by atoms with Gasteiger partial charge in [-0.25, -0.2) is 8.42 Å². The second-order valence-electron chi connectivity index (χ2n) is 4.20. The average Bonchev–Trinajstić information content (AvgIpc) is 2.86. The number of alkyl halides is 3. The standard InChI is InChI=1S/C9H11F3N2O3S/c10-9(11,12)8(1-2-8)14-18(16,17)7-3-6(5-15)13-4-7/h3-4,13-15H,1-2,5H2. The Morgan fingerprint density at radius 2 is 2.06 bits per heavy atom. The van der Waals surface area contributed by atoms with Gasteiger partial charge < -0.3 is 10.1 Å². The van der Waals surface area contributed by atoms with Gasteiger partial charge in [-0.05, 0) is 18.9 Å². The molecule has 102 valence electrons. The van der Waals surface area contributed by atoms with Crippen molar-refractivity contribution < 1.29 is 26.7 Å². The molecule has 9 heteroatoms. The Kier molecular flexibility index (Phi) is 2.95. The smallest absolute Gasteiger partial charge is 0.390 e. The quantitative estimate of drug-likeness (QED) is 0.767. The normalized spacial score (nSPS) is 18.9. The number of nitrogens with one attached hydrogen (secondary N) is 2. The molecular formula is C9H11F3N2O3S. The maximum Gasteiger partial charge on any atom is 0.407 e. The first kappa shape index (κ1) is 13.4. The van der Waals surface area contributed by atoms with E-state index in [4.69, 9.17) is 5.11 Å². The molecule has 0 unspecified atom stereocenters. The molecule has 18 heavy (non-hydrogen) atoms. The molecule has 5 nitrogen and oxygen atoms in total. The van der Waals surface area contributed by atoms with E-state index < -0.39 is 28.3 Å². The van der Waals surface area contributed by atoms with Crippen molar-refractivity contribution in [3.8, 4) is 0 Å². The van der Waals surface area contributed by atoms with Crippen molar-refractivity contribution in [3.63, 3.8) is 0 Å². The number of aliphatic hydroxyl groups is 1. The summed E-state index contributed by atoms with van der Waals surface area (Å²) in [6.07, 6.45) is -4.07. The van der Waals surface area contributed by atoms with Gasteiger partial charge in [0.1, 0.15) is 5.54 Å². The highest BCUT2D eigenvalue weighted by atomic mass is 32.2. The van der Waals surface area contributed by atoms with Gasteiger partial charge in [-0.1, -0.05) is 0 Å². The lowest BCUT2D eigenvalue weighted by molar-refractivity contribution is -0.160. The summed E-state index contributed by atoms with van der Waals surface area (Å²) >= 11 is 0. The van der Waals surface area contributed by atoms with Gasteiger partial charge in [0.05, 0.1) is 11.5 Å². The van der Waals surface area contributed by atoms with Gasteiger partial charge in [0.2, 0.25) is 10.0 Å². The minimum absolute atomic E-state index is 0.215. The van der Waals surface area contributed by atoms with E-state index in [1.165, 1.54) is 0 Å². The fraction of sp³-hybridized carbons (Fsp3) is 0.556. The number of H-pyrrole nitrogens is 1. The van der Waals surface area contributed by atoms with Gasteiger partial charge >= 0.3 is 6.18 Å². The molecule has 1 aromatic heterocycles. The molecule has 1 heterocycles. The fourth-order valence-corrected chi connectivity index (χ4v) is 3.01. The zero-order valence-corrected chi connectivity index (χ0v) is 9.90. The number of aromatic amines is 1. The van der Waals surface area contributed by atoms with Crippen LogP contribution in [-0.4, -0.2) is 30.2 Å². The van der Waals surface area contributed by atoms with Crippen molar-refractivity contribution in [3.05, 3.63) is 18.0 Å². The number of aromatic nitrogens is 1. The van der Waals surface area contributed by atoms with E-state index >= 15 is 0 Å². The van der Waals surface area contributed by atoms with Gasteiger partial charge in [0, 0.05) is 11.9 Å². The molecule has 2 rings (SSSR count). The van der Waals surface area contributed by atoms with Crippen LogP contribution in [0.3, 0.4) is 0 Å². The highest BCUT2D eigenvalue weighted by molar-refractivity contribution is 7.89. The lowest BCUT2D eigenvalue weighted by Crippen LogP contribution is -2.47. The van der Waals surface area contributed by atoms with E-state index in [0.29, 0.717) is 0 Å². The van der Waals surface area contributed by atoms with Crippen LogP contribution in [0.4, 0.5) is 13.2 Å². The van der Waals surface area contributed by atoms with Crippen LogP contribution < -0.4 is 4.72 Å². The van der Waals surface area contributed by atoms with E-state index in [2.05, 4.69) is 4.98 Å². The minimum Gasteiger partial charge on any atom is -0.390 e. The van der Waals surface area contributed by atoms with Crippen LogP contribution in [0.15, 0.2) is 17.2 Å². The lowest BCUT2D eigenvalue weighted by Gasteiger charge is -2.20. The molecule has 0 atom stereocenters. The van der Waals surface area contributed by atoms with Crippen LogP contribution in [0.1, 0.15) is 18.5 Å². The first-order valence-electron chi connectivity index (χ1n) is 5.09. The molecule has 1 aliphatic rings. The van der Waals surface area contributed by atoms with Crippen LogP contribution in [0.2, 0.25) is 0 Å². The van der Waals surface area contributed by atoms with Crippen LogP contribution in [-0.2, 0) is 16.6 Å². The van der Waals surface area contributed by atoms with Crippen molar-refractivity contribution in [1.29, 1.82) is 0 Å². The maximum atomic E-state index is 12.6. The van der Waals surface area contributed by atoms with Gasteiger partial charge in [0.25, 0.3) is 0 Å². The summed E-state index contributed by atoms with van der Waals surface area (Å²) in [5.74, 6) is 0. The Labute approximate surface area is 101 Å². The van der Waals surface area contributed by atoms with E-state index in [-0.39, 0.29) is 23.4 Å². The van der Waals surface area contributed by atoms with Crippen molar-refractivity contribution in [1.82, 2.24) is 9.71 Å². The SMILES string of the molecule is O=S(=O)(NC1(C(F)(F)F)CC1)c1c[nH]c(CO)c1. The van der Waals surface area contributed by atoms with E-state index in [1.54, 1.807) is 4.72 Å². The maximum absolute atomic E-state index is 12.6. The molecule has 0 aromatic carbocycles. The Morgan fingerprint density at radius 1 is 1.44 bits per heavy atom. The summed E-state index contributed by atoms with van der Waals surface area (Å²) in [6, 6.07) is 1.09. The predicted octanol–water partition coefficient (Wildman–Crippen LogP) is 0.880. The number of hydrogen-bond acceptors (Lipinski definition) is 3. The van der Waals surface area contributed by atoms with E-state index in [9.17, 15) is 21.6 Å². The molecule has 0 saturated heterocycles. The van der Waals surface area contributed by atoms with E-state index in [0.717, 1.165) is 12.3 Å². The van der Waals surface area contributed by atoms with Crippen LogP contribution in [0.5, 0.6) is 0 Å². The third-order valence-electron chi connectivity index (χ3n) is 2.82. The third-order valence-corrected chi connectivity index (χ3v) is 4.34. The summed E-state index contributed by atoms with van der Waals surface area (Å²) in [6.45, 7) is -0.417. The largest absolute Gasteiger partial charge is 0.407 e. The van der Waals surface area contributed by atoms with Crippen molar-refractivity contribution in [2.24, 2.45) is 0 Å². The number of rotatable bonds is 4. The topological polar surface area (TPSA) is 82.2 Å². The molecular weight excluding hydrogens is 273 g/mol. The Hall–Kier alpha value is -1.06. The average molecular weight is 284 g/mol. The summed E-state index contributed by atoms with van der Waals surface area (Å²) in [5, 5.41) is 8.76. The van der Waals surface area contributed by atoms with Crippen molar-refractivity contribution in [2.45, 2.75) is 36.1 Å². The number of hydrogen-bond donors (Lipinski definition) is 3. The van der Waals surface area contributed by atoms with Crippen LogP contribution >= 0.6 is 0 Å². The molecule has 1 fully saturated rings. The molecule has 1 aliphatic carbocycles. The summed E-state index contributed by atoms with van der Waals surface area (Å²) in [7, 11) is -4.24. The molecule has 3 N–H and O–H groups in total. The molecule has 1 aromatic rings. The number of aliphatic hydroxyl groups excluding tert-OH is 1. The highest BCUT2D eigenvalue weighted by Gasteiger charge is 2.65. The lowest BCUT2D eigenvalue weighted by atomic mass is 10.3. The molecule has 0 radical (unpaired) electrons. The second kappa shape index (κ2) is 3.97. The second-order valence-corrected chi connectivity index (χ2v) is 5.89. The van der Waals surface area contributed by atoms with Crippen LogP contribution in [0.25, 0.3) is 0 Å². The number of sulfonamides is 1. The van der Waals surface area contributed by atoms with Gasteiger partial charge in [-0.15, -0.1) is 0 Å². The Balaban J connectivity index is 2.23. The first-order valence-corrected chi connectivity index (χ1v) is 6.57. The first-order chi connectivity index (χ1) is 8.20. The van der Waals surface area contributed by atoms with Crippen LogP contribution in [0, 0.1) is 0 Å². The third kappa shape index (κ3) is 2.25. The molecule has 0 aliphatic heterocycles. The summed E-state index contributed by atoms with van der Waals surface area (Å²) < 4.78 is 63.1. The van der Waals surface area contributed by atoms with Gasteiger partial charge in [-0.2, -0.15) is 17.9 Å². The van der Waals surface area contributed by atoms with Crippen molar-refractivity contribution in [2.75, 3.05) is 0 Å². The minimum atomic E-state index is -4.60. The summed E-state index contributed by atoms with van der Waals surface area (Å²) in [4.78, 5) is 2.14. The molecule has 0 bridgehead atoms.